The van der Waals surface area contributed by atoms with Gasteiger partial charge in [0.15, 0.2) is 0 Å². The molecule has 20 heavy (non-hydrogen) atoms. The number of aliphatic hydroxyl groups excluding tert-OH is 1. The summed E-state index contributed by atoms with van der Waals surface area (Å²) in [5.41, 5.74) is 0.142. The minimum atomic E-state index is -1.43. The van der Waals surface area contributed by atoms with Gasteiger partial charge in [0, 0.05) is 6.07 Å². The van der Waals surface area contributed by atoms with E-state index in [1.807, 2.05) is 6.07 Å². The van der Waals surface area contributed by atoms with E-state index in [2.05, 4.69) is 0 Å². The summed E-state index contributed by atoms with van der Waals surface area (Å²) in [6.45, 7) is -0.515. The third-order valence-corrected chi connectivity index (χ3v) is 2.53. The zero-order valence-electron chi connectivity index (χ0n) is 10.4. The number of aromatic carboxylic acids is 1. The summed E-state index contributed by atoms with van der Waals surface area (Å²) in [7, 11) is 0. The number of hydrogen-bond acceptors (Lipinski definition) is 5. The fourth-order valence-electron chi connectivity index (χ4n) is 1.62. The molecule has 104 valence electrons. The van der Waals surface area contributed by atoms with Crippen LogP contribution in [0.15, 0.2) is 45.6 Å². The topological polar surface area (TPSA) is 97.0 Å². The highest BCUT2D eigenvalue weighted by atomic mass is 16.5. The van der Waals surface area contributed by atoms with E-state index >= 15 is 0 Å². The zero-order chi connectivity index (χ0) is 14.5. The summed E-state index contributed by atoms with van der Waals surface area (Å²) < 4.78 is 10.2. The maximum atomic E-state index is 11.8. The summed E-state index contributed by atoms with van der Waals surface area (Å²) in [4.78, 5) is 22.8. The monoisotopic (exact) mass is 276 g/mol. The lowest BCUT2D eigenvalue weighted by Crippen LogP contribution is -2.14. The zero-order valence-corrected chi connectivity index (χ0v) is 10.4. The van der Waals surface area contributed by atoms with Crippen LogP contribution in [0.4, 0.5) is 0 Å². The number of carboxylic acid groups (broad SMARTS) is 1. The molecular weight excluding hydrogens is 264 g/mol. The average molecular weight is 276 g/mol. The fraction of sp³-hybridized carbons (Fsp3) is 0.143. The van der Waals surface area contributed by atoms with Gasteiger partial charge in [0.2, 0.25) is 11.2 Å². The molecule has 0 saturated heterocycles. The van der Waals surface area contributed by atoms with Gasteiger partial charge in [0.1, 0.15) is 19.0 Å². The molecule has 0 unspecified atom stereocenters. The number of ether oxygens (including phenoxy) is 1. The molecule has 1 aromatic heterocycles. The van der Waals surface area contributed by atoms with Gasteiger partial charge in [-0.25, -0.2) is 4.79 Å². The second kappa shape index (κ2) is 6.03. The lowest BCUT2D eigenvalue weighted by atomic mass is 10.2. The minimum absolute atomic E-state index is 0.0460. The van der Waals surface area contributed by atoms with Crippen LogP contribution >= 0.6 is 0 Å². The Bertz CT molecular complexity index is 659. The van der Waals surface area contributed by atoms with Crippen LogP contribution in [-0.2, 0) is 13.2 Å². The first-order chi connectivity index (χ1) is 9.61. The van der Waals surface area contributed by atoms with Crippen molar-refractivity contribution in [2.45, 2.75) is 13.2 Å². The molecule has 0 spiro atoms. The van der Waals surface area contributed by atoms with Gasteiger partial charge in [-0.15, -0.1) is 0 Å². The Kier molecular flexibility index (Phi) is 4.17. The number of rotatable bonds is 5. The molecule has 0 bridgehead atoms. The first-order valence-corrected chi connectivity index (χ1v) is 5.79. The van der Waals surface area contributed by atoms with Crippen LogP contribution in [0.5, 0.6) is 5.75 Å². The summed E-state index contributed by atoms with van der Waals surface area (Å²) in [5, 5.41) is 17.9. The number of carboxylic acids is 1. The van der Waals surface area contributed by atoms with E-state index in [1.54, 1.807) is 24.3 Å². The number of aliphatic hydroxyl groups is 1. The summed E-state index contributed by atoms with van der Waals surface area (Å²) in [6, 6.07) is 10.00. The predicted octanol–water partition coefficient (Wildman–Crippen LogP) is 1.41. The Morgan fingerprint density at radius 1 is 1.25 bits per heavy atom. The number of hydrogen-bond donors (Lipinski definition) is 2. The van der Waals surface area contributed by atoms with Crippen molar-refractivity contribution in [2.75, 3.05) is 0 Å². The average Bonchev–Trinajstić information content (AvgIpc) is 2.46. The largest absolute Gasteiger partial charge is 0.481 e. The van der Waals surface area contributed by atoms with Crippen molar-refractivity contribution in [1.82, 2.24) is 0 Å². The Hall–Kier alpha value is -2.60. The standard InChI is InChI=1S/C14H12O6/c15-7-10-6-11(16)12(13(20-10)14(17)18)19-8-9-4-2-1-3-5-9/h1-6,15H,7-8H2,(H,17,18). The van der Waals surface area contributed by atoms with Crippen molar-refractivity contribution in [1.29, 1.82) is 0 Å². The van der Waals surface area contributed by atoms with Crippen molar-refractivity contribution in [3.63, 3.8) is 0 Å². The van der Waals surface area contributed by atoms with Gasteiger partial charge in [0.25, 0.3) is 5.76 Å². The molecule has 1 heterocycles. The fourth-order valence-corrected chi connectivity index (χ4v) is 1.62. The Balaban J connectivity index is 2.31. The van der Waals surface area contributed by atoms with Gasteiger partial charge >= 0.3 is 5.97 Å². The summed E-state index contributed by atoms with van der Waals surface area (Å²) in [5.74, 6) is -2.55. The van der Waals surface area contributed by atoms with E-state index in [-0.39, 0.29) is 18.1 Å². The molecular formula is C14H12O6. The molecule has 2 aromatic rings. The van der Waals surface area contributed by atoms with Crippen LogP contribution in [-0.4, -0.2) is 16.2 Å². The summed E-state index contributed by atoms with van der Waals surface area (Å²) in [6.07, 6.45) is 0. The van der Waals surface area contributed by atoms with E-state index in [1.165, 1.54) is 0 Å². The van der Waals surface area contributed by atoms with Crippen molar-refractivity contribution in [2.24, 2.45) is 0 Å². The first kappa shape index (κ1) is 13.8. The van der Waals surface area contributed by atoms with Crippen LogP contribution in [0, 0.1) is 0 Å². The van der Waals surface area contributed by atoms with Gasteiger partial charge in [0.05, 0.1) is 0 Å². The van der Waals surface area contributed by atoms with Crippen molar-refractivity contribution in [3.05, 3.63) is 63.7 Å². The highest BCUT2D eigenvalue weighted by Crippen LogP contribution is 2.17. The molecule has 0 saturated carbocycles. The molecule has 6 heteroatoms. The van der Waals surface area contributed by atoms with Crippen molar-refractivity contribution < 1.29 is 24.2 Å². The highest BCUT2D eigenvalue weighted by Gasteiger charge is 2.20. The number of benzene rings is 1. The van der Waals surface area contributed by atoms with Gasteiger partial charge in [-0.1, -0.05) is 30.3 Å². The lowest BCUT2D eigenvalue weighted by Gasteiger charge is -2.08. The molecule has 0 radical (unpaired) electrons. The molecule has 1 aromatic carbocycles. The van der Waals surface area contributed by atoms with E-state index in [0.717, 1.165) is 11.6 Å². The minimum Gasteiger partial charge on any atom is -0.481 e. The molecule has 0 atom stereocenters. The molecule has 0 fully saturated rings. The quantitative estimate of drug-likeness (QED) is 0.857. The van der Waals surface area contributed by atoms with Crippen molar-refractivity contribution in [3.8, 4) is 5.75 Å². The maximum absolute atomic E-state index is 11.8. The van der Waals surface area contributed by atoms with Gasteiger partial charge in [-0.05, 0) is 5.56 Å². The Morgan fingerprint density at radius 3 is 2.55 bits per heavy atom. The molecule has 2 rings (SSSR count). The van der Waals surface area contributed by atoms with Crippen LogP contribution in [0.2, 0.25) is 0 Å². The highest BCUT2D eigenvalue weighted by molar-refractivity contribution is 5.87. The van der Waals surface area contributed by atoms with Crippen LogP contribution in [0.25, 0.3) is 0 Å². The second-order valence-electron chi connectivity index (χ2n) is 3.97. The van der Waals surface area contributed by atoms with Crippen LogP contribution < -0.4 is 10.2 Å². The molecule has 0 aliphatic heterocycles. The molecule has 0 amide bonds. The molecule has 0 aliphatic rings. The Morgan fingerprint density at radius 2 is 1.95 bits per heavy atom. The van der Waals surface area contributed by atoms with E-state index < -0.39 is 23.8 Å². The second-order valence-corrected chi connectivity index (χ2v) is 3.97. The third kappa shape index (κ3) is 3.04. The summed E-state index contributed by atoms with van der Waals surface area (Å²) >= 11 is 0. The van der Waals surface area contributed by atoms with Crippen molar-refractivity contribution >= 4 is 5.97 Å². The predicted molar refractivity (Wildman–Crippen MR) is 68.6 cm³/mol. The van der Waals surface area contributed by atoms with E-state index in [0.29, 0.717) is 0 Å². The lowest BCUT2D eigenvalue weighted by molar-refractivity contribution is 0.0643. The normalized spacial score (nSPS) is 10.2. The van der Waals surface area contributed by atoms with E-state index in [9.17, 15) is 9.59 Å². The van der Waals surface area contributed by atoms with Gasteiger partial charge < -0.3 is 19.4 Å². The first-order valence-electron chi connectivity index (χ1n) is 5.79. The van der Waals surface area contributed by atoms with Crippen LogP contribution in [0.3, 0.4) is 0 Å². The van der Waals surface area contributed by atoms with E-state index in [4.69, 9.17) is 19.4 Å². The molecule has 6 nitrogen and oxygen atoms in total. The molecule has 2 N–H and O–H groups in total. The Labute approximate surface area is 113 Å². The third-order valence-electron chi connectivity index (χ3n) is 2.53. The molecule has 0 aliphatic carbocycles. The van der Waals surface area contributed by atoms with Gasteiger partial charge in [-0.2, -0.15) is 0 Å². The SMILES string of the molecule is O=C(O)c1oc(CO)cc(=O)c1OCc1ccccc1. The maximum Gasteiger partial charge on any atom is 0.375 e. The number of carbonyl (C=O) groups is 1. The smallest absolute Gasteiger partial charge is 0.375 e. The van der Waals surface area contributed by atoms with Gasteiger partial charge in [-0.3, -0.25) is 4.79 Å². The van der Waals surface area contributed by atoms with Crippen LogP contribution in [0.1, 0.15) is 21.9 Å².